The van der Waals surface area contributed by atoms with E-state index in [1.807, 2.05) is 0 Å². The van der Waals surface area contributed by atoms with Crippen molar-refractivity contribution in [1.82, 2.24) is 5.32 Å². The maximum absolute atomic E-state index is 14.0. The molecule has 1 aliphatic rings. The molecule has 1 N–H and O–H groups in total. The zero-order valence-corrected chi connectivity index (χ0v) is 10.8. The molecule has 1 saturated heterocycles. The van der Waals surface area contributed by atoms with Crippen LogP contribution < -0.4 is 5.32 Å². The smallest absolute Gasteiger partial charge is 0.234 e. The molecule has 0 aliphatic carbocycles. The number of benzene rings is 1. The van der Waals surface area contributed by atoms with Crippen LogP contribution in [0.15, 0.2) is 12.1 Å². The molecule has 1 atom stereocenters. The molecule has 0 radical (unpaired) electrons. The number of imide groups is 1. The lowest BCUT2D eigenvalue weighted by Crippen LogP contribution is -2.39. The van der Waals surface area contributed by atoms with Crippen molar-refractivity contribution in [2.24, 2.45) is 0 Å². The minimum absolute atomic E-state index is 0.0203. The third kappa shape index (κ3) is 2.64. The van der Waals surface area contributed by atoms with Crippen molar-refractivity contribution < 1.29 is 18.4 Å². The van der Waals surface area contributed by atoms with E-state index in [1.54, 1.807) is 13.8 Å². The Bertz CT molecular complexity index is 540. The van der Waals surface area contributed by atoms with E-state index in [2.05, 4.69) is 5.32 Å². The SMILES string of the molecule is CC(C)c1cc(F)c(C2CCC(=O)NC2=O)cc1F. The van der Waals surface area contributed by atoms with Gasteiger partial charge in [0.15, 0.2) is 0 Å². The Hall–Kier alpha value is -1.78. The van der Waals surface area contributed by atoms with Crippen LogP contribution in [-0.2, 0) is 9.59 Å². The van der Waals surface area contributed by atoms with E-state index in [0.29, 0.717) is 0 Å². The summed E-state index contributed by atoms with van der Waals surface area (Å²) in [6.45, 7) is 3.53. The van der Waals surface area contributed by atoms with Crippen LogP contribution in [0, 0.1) is 11.6 Å². The van der Waals surface area contributed by atoms with Crippen LogP contribution in [-0.4, -0.2) is 11.8 Å². The van der Waals surface area contributed by atoms with Crippen molar-refractivity contribution in [2.45, 2.75) is 38.5 Å². The number of amides is 2. The van der Waals surface area contributed by atoms with E-state index < -0.39 is 23.5 Å². The predicted molar refractivity (Wildman–Crippen MR) is 65.6 cm³/mol. The van der Waals surface area contributed by atoms with Gasteiger partial charge in [-0.1, -0.05) is 13.8 Å². The molecule has 5 heteroatoms. The predicted octanol–water partition coefficient (Wildman–Crippen LogP) is 2.61. The molecule has 2 rings (SSSR count). The molecular weight excluding hydrogens is 252 g/mol. The normalized spacial score (nSPS) is 19.7. The fraction of sp³-hybridized carbons (Fsp3) is 0.429. The largest absolute Gasteiger partial charge is 0.296 e. The number of piperidine rings is 1. The zero-order chi connectivity index (χ0) is 14.2. The lowest BCUT2D eigenvalue weighted by atomic mass is 9.88. The van der Waals surface area contributed by atoms with Crippen molar-refractivity contribution in [3.8, 4) is 0 Å². The van der Waals surface area contributed by atoms with Gasteiger partial charge in [0.1, 0.15) is 11.6 Å². The third-order valence-electron chi connectivity index (χ3n) is 3.35. The number of carbonyl (C=O) groups excluding carboxylic acids is 2. The van der Waals surface area contributed by atoms with Crippen LogP contribution in [0.1, 0.15) is 49.7 Å². The first-order valence-electron chi connectivity index (χ1n) is 6.22. The molecule has 0 bridgehead atoms. The second-order valence-corrected chi connectivity index (χ2v) is 5.05. The Morgan fingerprint density at radius 2 is 1.89 bits per heavy atom. The van der Waals surface area contributed by atoms with E-state index in [1.165, 1.54) is 0 Å². The van der Waals surface area contributed by atoms with Gasteiger partial charge >= 0.3 is 0 Å². The van der Waals surface area contributed by atoms with Crippen LogP contribution in [0.25, 0.3) is 0 Å². The van der Waals surface area contributed by atoms with Crippen molar-refractivity contribution >= 4 is 11.8 Å². The number of hydrogen-bond acceptors (Lipinski definition) is 2. The van der Waals surface area contributed by atoms with E-state index in [0.717, 1.165) is 12.1 Å². The van der Waals surface area contributed by atoms with Gasteiger partial charge in [0.25, 0.3) is 0 Å². The van der Waals surface area contributed by atoms with Crippen LogP contribution in [0.2, 0.25) is 0 Å². The van der Waals surface area contributed by atoms with E-state index in [9.17, 15) is 18.4 Å². The highest BCUT2D eigenvalue weighted by molar-refractivity contribution is 6.00. The lowest BCUT2D eigenvalue weighted by molar-refractivity contribution is -0.134. The van der Waals surface area contributed by atoms with Gasteiger partial charge in [-0.3, -0.25) is 14.9 Å². The van der Waals surface area contributed by atoms with Crippen LogP contribution in [0.3, 0.4) is 0 Å². The summed E-state index contributed by atoms with van der Waals surface area (Å²) in [7, 11) is 0. The standard InChI is InChI=1S/C14H15F2NO2/c1-7(2)9-5-12(16)10(6-11(9)15)8-3-4-13(18)17-14(8)19/h5-8H,3-4H2,1-2H3,(H,17,18,19). The number of nitrogens with one attached hydrogen (secondary N) is 1. The Morgan fingerprint density at radius 3 is 2.47 bits per heavy atom. The highest BCUT2D eigenvalue weighted by Gasteiger charge is 2.30. The van der Waals surface area contributed by atoms with Gasteiger partial charge in [0, 0.05) is 12.0 Å². The molecule has 102 valence electrons. The van der Waals surface area contributed by atoms with Crippen LogP contribution >= 0.6 is 0 Å². The Kier molecular flexibility index (Phi) is 3.64. The summed E-state index contributed by atoms with van der Waals surface area (Å²) in [4.78, 5) is 22.7. The van der Waals surface area contributed by atoms with Gasteiger partial charge in [-0.2, -0.15) is 0 Å². The summed E-state index contributed by atoms with van der Waals surface area (Å²) in [6, 6.07) is 2.21. The van der Waals surface area contributed by atoms with Crippen molar-refractivity contribution in [2.75, 3.05) is 0 Å². The molecule has 19 heavy (non-hydrogen) atoms. The van der Waals surface area contributed by atoms with Gasteiger partial charge in [-0.05, 0) is 30.0 Å². The fourth-order valence-corrected chi connectivity index (χ4v) is 2.28. The van der Waals surface area contributed by atoms with Gasteiger partial charge in [0.05, 0.1) is 5.92 Å². The maximum atomic E-state index is 14.0. The topological polar surface area (TPSA) is 46.2 Å². The molecule has 2 amide bonds. The molecule has 1 aromatic rings. The lowest BCUT2D eigenvalue weighted by Gasteiger charge is -2.22. The fourth-order valence-electron chi connectivity index (χ4n) is 2.28. The highest BCUT2D eigenvalue weighted by atomic mass is 19.1. The quantitative estimate of drug-likeness (QED) is 0.837. The second kappa shape index (κ2) is 5.07. The minimum Gasteiger partial charge on any atom is -0.296 e. The first-order chi connectivity index (χ1) is 8.90. The zero-order valence-electron chi connectivity index (χ0n) is 10.8. The monoisotopic (exact) mass is 267 g/mol. The molecule has 0 spiro atoms. The van der Waals surface area contributed by atoms with Crippen molar-refractivity contribution in [1.29, 1.82) is 0 Å². The molecule has 0 saturated carbocycles. The van der Waals surface area contributed by atoms with Crippen molar-refractivity contribution in [3.63, 3.8) is 0 Å². The van der Waals surface area contributed by atoms with Gasteiger partial charge < -0.3 is 0 Å². The maximum Gasteiger partial charge on any atom is 0.234 e. The Morgan fingerprint density at radius 1 is 1.21 bits per heavy atom. The third-order valence-corrected chi connectivity index (χ3v) is 3.35. The number of rotatable bonds is 2. The summed E-state index contributed by atoms with van der Waals surface area (Å²) < 4.78 is 27.9. The highest BCUT2D eigenvalue weighted by Crippen LogP contribution is 2.30. The summed E-state index contributed by atoms with van der Waals surface area (Å²) in [5.74, 6) is -2.98. The Labute approximate surface area is 110 Å². The average Bonchev–Trinajstić information content (AvgIpc) is 2.32. The van der Waals surface area contributed by atoms with E-state index in [4.69, 9.17) is 0 Å². The van der Waals surface area contributed by atoms with Crippen LogP contribution in [0.5, 0.6) is 0 Å². The number of halogens is 2. The van der Waals surface area contributed by atoms with Crippen LogP contribution in [0.4, 0.5) is 8.78 Å². The van der Waals surface area contributed by atoms with Crippen molar-refractivity contribution in [3.05, 3.63) is 34.9 Å². The average molecular weight is 267 g/mol. The summed E-state index contributed by atoms with van der Waals surface area (Å²) in [5.41, 5.74) is 0.306. The first kappa shape index (κ1) is 13.6. The molecular formula is C14H15F2NO2. The molecule has 1 fully saturated rings. The second-order valence-electron chi connectivity index (χ2n) is 5.05. The summed E-state index contributed by atoms with van der Waals surface area (Å²) in [6.07, 6.45) is 0.353. The number of hydrogen-bond donors (Lipinski definition) is 1. The van der Waals surface area contributed by atoms with E-state index >= 15 is 0 Å². The molecule has 3 nitrogen and oxygen atoms in total. The molecule has 1 unspecified atom stereocenters. The first-order valence-corrected chi connectivity index (χ1v) is 6.22. The molecule has 0 aromatic heterocycles. The van der Waals surface area contributed by atoms with Gasteiger partial charge in [0.2, 0.25) is 11.8 Å². The molecule has 1 aromatic carbocycles. The van der Waals surface area contributed by atoms with Gasteiger partial charge in [-0.25, -0.2) is 8.78 Å². The summed E-state index contributed by atoms with van der Waals surface area (Å²) >= 11 is 0. The Balaban J connectivity index is 2.38. The molecule has 1 heterocycles. The number of carbonyl (C=O) groups is 2. The summed E-state index contributed by atoms with van der Waals surface area (Å²) in [5, 5.41) is 2.14. The minimum atomic E-state index is -0.798. The van der Waals surface area contributed by atoms with E-state index in [-0.39, 0.29) is 35.8 Å². The molecule has 1 aliphatic heterocycles. The van der Waals surface area contributed by atoms with Gasteiger partial charge in [-0.15, -0.1) is 0 Å².